The summed E-state index contributed by atoms with van der Waals surface area (Å²) in [6.45, 7) is 0. The first-order valence-electron chi connectivity index (χ1n) is 3.68. The first-order valence-corrected chi connectivity index (χ1v) is 5.55. The highest BCUT2D eigenvalue weighted by molar-refractivity contribution is 14.1. The Morgan fingerprint density at radius 3 is 2.73 bits per heavy atom. The molecule has 1 rings (SSSR count). The van der Waals surface area contributed by atoms with Gasteiger partial charge in [-0.05, 0) is 54.0 Å². The van der Waals surface area contributed by atoms with Crippen LogP contribution in [0.2, 0.25) is 0 Å². The van der Waals surface area contributed by atoms with Crippen LogP contribution in [0.5, 0.6) is 0 Å². The molecule has 0 heterocycles. The van der Waals surface area contributed by atoms with E-state index in [-0.39, 0.29) is 0 Å². The van der Waals surface area contributed by atoms with Crippen LogP contribution < -0.4 is 0 Å². The molecular weight excluding hydrogens is 315 g/mol. The molecule has 0 nitrogen and oxygen atoms in total. The van der Waals surface area contributed by atoms with Crippen molar-refractivity contribution >= 4 is 38.5 Å². The van der Waals surface area contributed by atoms with E-state index in [2.05, 4.69) is 62.8 Å². The van der Waals surface area contributed by atoms with Crippen LogP contribution in [0.4, 0.5) is 0 Å². The molecule has 0 unspecified atom stereocenters. The molecule has 0 amide bonds. The lowest BCUT2D eigenvalue weighted by Crippen LogP contribution is -1.68. The molecule has 0 aromatic heterocycles. The second kappa shape index (κ2) is 5.14. The average molecular weight is 325 g/mol. The Labute approximate surface area is 89.7 Å². The summed E-state index contributed by atoms with van der Waals surface area (Å²) >= 11 is 5.83. The lowest BCUT2D eigenvalue weighted by Gasteiger charge is -1.89. The van der Waals surface area contributed by atoms with Crippen LogP contribution in [0.3, 0.4) is 0 Å². The molecule has 0 aromatic carbocycles. The third kappa shape index (κ3) is 4.11. The normalized spacial score (nSPS) is 24.2. The Morgan fingerprint density at radius 1 is 1.18 bits per heavy atom. The van der Waals surface area contributed by atoms with Gasteiger partial charge in [0.15, 0.2) is 0 Å². The summed E-state index contributed by atoms with van der Waals surface area (Å²) in [4.78, 5) is 0. The van der Waals surface area contributed by atoms with E-state index in [4.69, 9.17) is 0 Å². The number of hydrogen-bond acceptors (Lipinski definition) is 0. The zero-order valence-corrected chi connectivity index (χ0v) is 9.93. The van der Waals surface area contributed by atoms with Gasteiger partial charge >= 0.3 is 0 Å². The molecule has 0 saturated carbocycles. The van der Waals surface area contributed by atoms with Crippen molar-refractivity contribution in [2.24, 2.45) is 0 Å². The Morgan fingerprint density at radius 2 is 1.91 bits per heavy atom. The molecule has 2 heteroatoms. The van der Waals surface area contributed by atoms with Gasteiger partial charge in [0, 0.05) is 8.06 Å². The molecule has 0 spiro atoms. The molecule has 0 bridgehead atoms. The Kier molecular flexibility index (Phi) is 4.45. The van der Waals surface area contributed by atoms with Gasteiger partial charge in [-0.2, -0.15) is 0 Å². The van der Waals surface area contributed by atoms with Crippen molar-refractivity contribution in [2.75, 3.05) is 0 Å². The fourth-order valence-corrected chi connectivity index (χ4v) is 1.75. The molecule has 0 atom stereocenters. The highest BCUT2D eigenvalue weighted by atomic mass is 127. The van der Waals surface area contributed by atoms with Crippen molar-refractivity contribution < 1.29 is 0 Å². The predicted molar refractivity (Wildman–Crippen MR) is 62.1 cm³/mol. The zero-order valence-electron chi connectivity index (χ0n) is 6.19. The summed E-state index contributed by atoms with van der Waals surface area (Å²) in [6.07, 6.45) is 12.3. The smallest absolute Gasteiger partial charge is 0.0135 e. The molecule has 0 aliphatic heterocycles. The Bertz CT molecular complexity index is 192. The Hall–Kier alpha value is 0.430. The van der Waals surface area contributed by atoms with E-state index in [1.54, 1.807) is 0 Å². The second-order valence-corrected chi connectivity index (χ2v) is 4.60. The van der Waals surface area contributed by atoms with E-state index in [1.165, 1.54) is 27.3 Å². The standard InChI is InChI=1S/C9H10BrI/c10-8-4-2-1-3-5-9(11)7-6-8/h4-7H,1-3H2/b7-6?,8-4?,9-5-. The minimum absolute atomic E-state index is 1.17. The molecule has 0 N–H and O–H groups in total. The van der Waals surface area contributed by atoms with E-state index < -0.39 is 0 Å². The third-order valence-electron chi connectivity index (χ3n) is 1.49. The van der Waals surface area contributed by atoms with Crippen molar-refractivity contribution in [2.45, 2.75) is 19.3 Å². The first-order chi connectivity index (χ1) is 5.29. The van der Waals surface area contributed by atoms with Crippen LogP contribution in [-0.2, 0) is 0 Å². The molecule has 11 heavy (non-hydrogen) atoms. The fraction of sp³-hybridized carbons (Fsp3) is 0.333. The molecule has 0 fully saturated rings. The average Bonchev–Trinajstić information content (AvgIpc) is 2.06. The molecule has 1 aliphatic rings. The maximum atomic E-state index is 3.48. The van der Waals surface area contributed by atoms with Crippen LogP contribution in [0.1, 0.15) is 19.3 Å². The number of allylic oxidation sites excluding steroid dienone is 6. The van der Waals surface area contributed by atoms with Gasteiger partial charge in [-0.25, -0.2) is 0 Å². The van der Waals surface area contributed by atoms with Crippen LogP contribution in [0.15, 0.2) is 32.4 Å². The number of hydrogen-bond donors (Lipinski definition) is 0. The van der Waals surface area contributed by atoms with Crippen molar-refractivity contribution in [1.29, 1.82) is 0 Å². The molecule has 0 radical (unpaired) electrons. The summed E-state index contributed by atoms with van der Waals surface area (Å²) in [5, 5.41) is 0. The molecule has 1 aliphatic carbocycles. The largest absolute Gasteiger partial charge is 0.0711 e. The first kappa shape index (κ1) is 9.52. The maximum absolute atomic E-state index is 3.48. The van der Waals surface area contributed by atoms with E-state index in [0.29, 0.717) is 0 Å². The minimum atomic E-state index is 1.17. The van der Waals surface area contributed by atoms with Crippen molar-refractivity contribution in [1.82, 2.24) is 0 Å². The monoisotopic (exact) mass is 324 g/mol. The topological polar surface area (TPSA) is 0 Å². The highest BCUT2D eigenvalue weighted by Gasteiger charge is 1.91. The van der Waals surface area contributed by atoms with Crippen molar-refractivity contribution in [3.05, 3.63) is 32.4 Å². The quantitative estimate of drug-likeness (QED) is 0.582. The van der Waals surface area contributed by atoms with Gasteiger partial charge in [0.05, 0.1) is 0 Å². The maximum Gasteiger partial charge on any atom is 0.0135 e. The summed E-state index contributed by atoms with van der Waals surface area (Å²) in [7, 11) is 0. The molecular formula is C9H10BrI. The summed E-state index contributed by atoms with van der Waals surface area (Å²) in [6, 6.07) is 0. The fourth-order valence-electron chi connectivity index (χ4n) is 0.893. The van der Waals surface area contributed by atoms with E-state index >= 15 is 0 Å². The molecule has 0 saturated heterocycles. The number of halogens is 2. The SMILES string of the molecule is BrC1=CCCC/C=C(\I)C=C1. The van der Waals surface area contributed by atoms with E-state index in [1.807, 2.05) is 0 Å². The van der Waals surface area contributed by atoms with Crippen LogP contribution in [0, 0.1) is 0 Å². The van der Waals surface area contributed by atoms with Gasteiger partial charge in [0.25, 0.3) is 0 Å². The minimum Gasteiger partial charge on any atom is -0.0711 e. The summed E-state index contributed by atoms with van der Waals surface area (Å²) in [5.74, 6) is 0. The summed E-state index contributed by atoms with van der Waals surface area (Å²) < 4.78 is 2.52. The number of rotatable bonds is 0. The van der Waals surface area contributed by atoms with E-state index in [9.17, 15) is 0 Å². The van der Waals surface area contributed by atoms with Crippen molar-refractivity contribution in [3.63, 3.8) is 0 Å². The van der Waals surface area contributed by atoms with Crippen molar-refractivity contribution in [3.8, 4) is 0 Å². The van der Waals surface area contributed by atoms with Gasteiger partial charge in [-0.15, -0.1) is 0 Å². The zero-order chi connectivity index (χ0) is 8.10. The third-order valence-corrected chi connectivity index (χ3v) is 2.88. The Balaban J connectivity index is 2.70. The van der Waals surface area contributed by atoms with Crippen LogP contribution in [0.25, 0.3) is 0 Å². The molecule has 0 aromatic rings. The second-order valence-electron chi connectivity index (χ2n) is 2.44. The molecule has 60 valence electrons. The van der Waals surface area contributed by atoms with Crippen LogP contribution in [-0.4, -0.2) is 0 Å². The van der Waals surface area contributed by atoms with Gasteiger partial charge in [0.1, 0.15) is 0 Å². The lowest BCUT2D eigenvalue weighted by atomic mass is 10.2. The van der Waals surface area contributed by atoms with Gasteiger partial charge in [0.2, 0.25) is 0 Å². The summed E-state index contributed by atoms with van der Waals surface area (Å²) in [5.41, 5.74) is 0. The lowest BCUT2D eigenvalue weighted by molar-refractivity contribution is 0.868. The van der Waals surface area contributed by atoms with Gasteiger partial charge < -0.3 is 0 Å². The predicted octanol–water partition coefficient (Wildman–Crippen LogP) is 4.32. The van der Waals surface area contributed by atoms with Gasteiger partial charge in [-0.1, -0.05) is 28.1 Å². The van der Waals surface area contributed by atoms with Gasteiger partial charge in [-0.3, -0.25) is 0 Å². The van der Waals surface area contributed by atoms with Crippen LogP contribution >= 0.6 is 38.5 Å². The highest BCUT2D eigenvalue weighted by Crippen LogP contribution is 2.18. The van der Waals surface area contributed by atoms with E-state index in [0.717, 1.165) is 0 Å².